The summed E-state index contributed by atoms with van der Waals surface area (Å²) < 4.78 is 2.86. The van der Waals surface area contributed by atoms with Crippen LogP contribution in [-0.4, -0.2) is 27.1 Å². The van der Waals surface area contributed by atoms with E-state index < -0.39 is 0 Å². The van der Waals surface area contributed by atoms with Crippen molar-refractivity contribution in [3.63, 3.8) is 0 Å². The molecule has 0 saturated carbocycles. The van der Waals surface area contributed by atoms with Gasteiger partial charge in [0, 0.05) is 19.9 Å². The van der Waals surface area contributed by atoms with Crippen LogP contribution in [0.4, 0.5) is 0 Å². The van der Waals surface area contributed by atoms with Crippen molar-refractivity contribution in [1.82, 2.24) is 9.78 Å². The molecule has 106 valence electrons. The Balaban J connectivity index is 1.96. The summed E-state index contributed by atoms with van der Waals surface area (Å²) in [7, 11) is 1.92. The minimum Gasteiger partial charge on any atom is -0.299 e. The Morgan fingerprint density at radius 3 is 2.74 bits per heavy atom. The summed E-state index contributed by atoms with van der Waals surface area (Å²) in [5.74, 6) is 3.38. The largest absolute Gasteiger partial charge is 0.299 e. The molecule has 19 heavy (non-hydrogen) atoms. The van der Waals surface area contributed by atoms with Crippen molar-refractivity contribution in [3.05, 3.63) is 15.9 Å². The first kappa shape index (κ1) is 15.1. The van der Waals surface area contributed by atoms with E-state index in [4.69, 9.17) is 0 Å². The molecule has 1 saturated heterocycles. The average Bonchev–Trinajstić information content (AvgIpc) is 2.67. The van der Waals surface area contributed by atoms with E-state index in [9.17, 15) is 4.79 Å². The van der Waals surface area contributed by atoms with Gasteiger partial charge in [0.25, 0.3) is 0 Å². The molecule has 0 amide bonds. The molecular weight excluding hydrogens is 324 g/mol. The highest BCUT2D eigenvalue weighted by Crippen LogP contribution is 2.27. The van der Waals surface area contributed by atoms with Gasteiger partial charge in [-0.15, -0.1) is 0 Å². The van der Waals surface area contributed by atoms with Gasteiger partial charge < -0.3 is 0 Å². The second kappa shape index (κ2) is 6.93. The van der Waals surface area contributed by atoms with Crippen molar-refractivity contribution in [2.75, 3.05) is 11.5 Å². The molecular formula is C14H21BrN2OS. The van der Waals surface area contributed by atoms with Crippen LogP contribution in [0.2, 0.25) is 0 Å². The van der Waals surface area contributed by atoms with Crippen molar-refractivity contribution >= 4 is 33.5 Å². The van der Waals surface area contributed by atoms with Crippen LogP contribution in [0.3, 0.4) is 0 Å². The molecule has 1 fully saturated rings. The van der Waals surface area contributed by atoms with E-state index >= 15 is 0 Å². The molecule has 0 spiro atoms. The Morgan fingerprint density at radius 1 is 1.47 bits per heavy atom. The summed E-state index contributed by atoms with van der Waals surface area (Å²) in [6.45, 7) is 2.08. The molecule has 1 aromatic rings. The third-order valence-electron chi connectivity index (χ3n) is 3.72. The lowest BCUT2D eigenvalue weighted by molar-refractivity contribution is -0.119. The fourth-order valence-corrected chi connectivity index (χ4v) is 4.50. The number of hydrogen-bond donors (Lipinski definition) is 0. The number of nitrogens with zero attached hydrogens (tertiary/aromatic N) is 2. The van der Waals surface area contributed by atoms with E-state index in [2.05, 4.69) is 28.0 Å². The summed E-state index contributed by atoms with van der Waals surface area (Å²) in [5.41, 5.74) is 2.06. The summed E-state index contributed by atoms with van der Waals surface area (Å²) >= 11 is 5.59. The maximum Gasteiger partial charge on any atom is 0.139 e. The van der Waals surface area contributed by atoms with Gasteiger partial charge in [0.15, 0.2) is 0 Å². The van der Waals surface area contributed by atoms with Gasteiger partial charge in [-0.25, -0.2) is 0 Å². The topological polar surface area (TPSA) is 34.9 Å². The zero-order chi connectivity index (χ0) is 13.8. The molecule has 1 aliphatic heterocycles. The standard InChI is InChI=1S/C14H21BrN2OS/c1-3-12-14(15)13(17(2)16-12)9-11(18)8-10-4-6-19-7-5-10/h10H,3-9H2,1-2H3. The van der Waals surface area contributed by atoms with Crippen LogP contribution in [0, 0.1) is 5.92 Å². The second-order valence-corrected chi connectivity index (χ2v) is 7.18. The highest BCUT2D eigenvalue weighted by atomic mass is 79.9. The molecule has 1 aromatic heterocycles. The van der Waals surface area contributed by atoms with Gasteiger partial charge in [0.1, 0.15) is 5.78 Å². The number of carbonyl (C=O) groups is 1. The van der Waals surface area contributed by atoms with Crippen molar-refractivity contribution in [2.24, 2.45) is 13.0 Å². The van der Waals surface area contributed by atoms with Gasteiger partial charge in [-0.05, 0) is 52.6 Å². The lowest BCUT2D eigenvalue weighted by Gasteiger charge is -2.20. The third kappa shape index (κ3) is 3.85. The molecule has 5 heteroatoms. The van der Waals surface area contributed by atoms with Crippen LogP contribution in [0.1, 0.15) is 37.6 Å². The van der Waals surface area contributed by atoms with Crippen molar-refractivity contribution in [2.45, 2.75) is 39.0 Å². The molecule has 1 aliphatic rings. The Hall–Kier alpha value is -0.290. The first-order valence-electron chi connectivity index (χ1n) is 6.91. The first-order chi connectivity index (χ1) is 9.11. The van der Waals surface area contributed by atoms with Crippen molar-refractivity contribution in [3.8, 4) is 0 Å². The summed E-state index contributed by atoms with van der Waals surface area (Å²) in [6.07, 6.45) is 4.53. The third-order valence-corrected chi connectivity index (χ3v) is 5.69. The van der Waals surface area contributed by atoms with E-state index in [0.29, 0.717) is 18.1 Å². The molecule has 0 N–H and O–H groups in total. The number of rotatable bonds is 5. The maximum atomic E-state index is 12.2. The molecule has 2 heterocycles. The van der Waals surface area contributed by atoms with E-state index in [1.54, 1.807) is 0 Å². The predicted octanol–water partition coefficient (Wildman–Crippen LogP) is 3.39. The highest BCUT2D eigenvalue weighted by Gasteiger charge is 2.20. The number of hydrogen-bond acceptors (Lipinski definition) is 3. The second-order valence-electron chi connectivity index (χ2n) is 5.16. The smallest absolute Gasteiger partial charge is 0.139 e. The van der Waals surface area contributed by atoms with Crippen LogP contribution in [0.25, 0.3) is 0 Å². The maximum absolute atomic E-state index is 12.2. The highest BCUT2D eigenvalue weighted by molar-refractivity contribution is 9.10. The molecule has 0 atom stereocenters. The fraction of sp³-hybridized carbons (Fsp3) is 0.714. The number of halogens is 1. The minimum absolute atomic E-state index is 0.350. The van der Waals surface area contributed by atoms with Crippen molar-refractivity contribution < 1.29 is 4.79 Å². The van der Waals surface area contributed by atoms with E-state index in [-0.39, 0.29) is 0 Å². The quantitative estimate of drug-likeness (QED) is 0.821. The molecule has 0 radical (unpaired) electrons. The van der Waals surface area contributed by atoms with Gasteiger partial charge >= 0.3 is 0 Å². The number of carbonyl (C=O) groups excluding carboxylic acids is 1. The predicted molar refractivity (Wildman–Crippen MR) is 83.7 cm³/mol. The number of ketones is 1. The van der Waals surface area contributed by atoms with E-state index in [0.717, 1.165) is 28.7 Å². The SMILES string of the molecule is CCc1nn(C)c(CC(=O)CC2CCSCC2)c1Br. The summed E-state index contributed by atoms with van der Waals surface area (Å²) in [4.78, 5) is 12.2. The van der Waals surface area contributed by atoms with E-state index in [1.807, 2.05) is 23.5 Å². The van der Waals surface area contributed by atoms with Crippen LogP contribution < -0.4 is 0 Å². The fourth-order valence-electron chi connectivity index (χ4n) is 2.54. The lowest BCUT2D eigenvalue weighted by Crippen LogP contribution is -2.16. The van der Waals surface area contributed by atoms with Crippen molar-refractivity contribution in [1.29, 1.82) is 0 Å². The van der Waals surface area contributed by atoms with E-state index in [1.165, 1.54) is 24.3 Å². The number of aryl methyl sites for hydroxylation is 2. The molecule has 0 aliphatic carbocycles. The molecule has 3 nitrogen and oxygen atoms in total. The zero-order valence-electron chi connectivity index (χ0n) is 11.6. The summed E-state index contributed by atoms with van der Waals surface area (Å²) in [5, 5.41) is 4.44. The Morgan fingerprint density at radius 2 is 2.16 bits per heavy atom. The Labute approximate surface area is 127 Å². The number of aromatic nitrogens is 2. The van der Waals surface area contributed by atoms with Crippen LogP contribution in [-0.2, 0) is 24.7 Å². The molecule has 2 rings (SSSR count). The Bertz CT molecular complexity index is 453. The molecule has 0 aromatic carbocycles. The van der Waals surface area contributed by atoms with Crippen LogP contribution in [0.5, 0.6) is 0 Å². The van der Waals surface area contributed by atoms with Gasteiger partial charge in [-0.1, -0.05) is 6.92 Å². The van der Waals surface area contributed by atoms with Crippen LogP contribution in [0.15, 0.2) is 4.47 Å². The normalized spacial score (nSPS) is 16.8. The number of thioether (sulfide) groups is 1. The number of Topliss-reactive ketones (excluding diaryl/α,β-unsaturated/α-hetero) is 1. The Kier molecular flexibility index (Phi) is 5.51. The lowest BCUT2D eigenvalue weighted by atomic mass is 9.95. The first-order valence-corrected chi connectivity index (χ1v) is 8.86. The summed E-state index contributed by atoms with van der Waals surface area (Å²) in [6, 6.07) is 0. The monoisotopic (exact) mass is 344 g/mol. The van der Waals surface area contributed by atoms with Gasteiger partial charge in [-0.2, -0.15) is 16.9 Å². The van der Waals surface area contributed by atoms with Gasteiger partial charge in [0.2, 0.25) is 0 Å². The van der Waals surface area contributed by atoms with Crippen LogP contribution >= 0.6 is 27.7 Å². The molecule has 0 unspecified atom stereocenters. The zero-order valence-corrected chi connectivity index (χ0v) is 14.0. The average molecular weight is 345 g/mol. The van der Waals surface area contributed by atoms with Gasteiger partial charge in [0.05, 0.1) is 15.9 Å². The molecule has 0 bridgehead atoms. The van der Waals surface area contributed by atoms with Gasteiger partial charge in [-0.3, -0.25) is 9.48 Å². The minimum atomic E-state index is 0.350.